The Morgan fingerprint density at radius 2 is 1.82 bits per heavy atom. The number of hydrogen-bond acceptors (Lipinski definition) is 3. The number of nitrogens with zero attached hydrogens (tertiary/aromatic N) is 3. The predicted octanol–water partition coefficient (Wildman–Crippen LogP) is 1.74. The average Bonchev–Trinajstić information content (AvgIpc) is 2.78. The van der Waals surface area contributed by atoms with Crippen LogP contribution in [-0.2, 0) is 12.7 Å². The number of alkyl halides is 3. The van der Waals surface area contributed by atoms with E-state index in [1.807, 2.05) is 0 Å². The Morgan fingerprint density at radius 1 is 1.18 bits per heavy atom. The van der Waals surface area contributed by atoms with Gasteiger partial charge >= 0.3 is 6.18 Å². The van der Waals surface area contributed by atoms with Gasteiger partial charge in [-0.25, -0.2) is 4.68 Å². The molecule has 0 unspecified atom stereocenters. The maximum atomic E-state index is 12.6. The van der Waals surface area contributed by atoms with Crippen LogP contribution in [0.3, 0.4) is 0 Å². The van der Waals surface area contributed by atoms with E-state index in [0.717, 1.165) is 10.2 Å². The Morgan fingerprint density at radius 3 is 2.35 bits per heavy atom. The molecule has 0 spiro atoms. The molecule has 0 aliphatic heterocycles. The Kier molecular flexibility index (Phi) is 2.84. The second kappa shape index (κ2) is 4.17. The van der Waals surface area contributed by atoms with Gasteiger partial charge in [-0.2, -0.15) is 13.2 Å². The highest BCUT2D eigenvalue weighted by Crippen LogP contribution is 2.29. The molecule has 1 aromatic carbocycles. The maximum absolute atomic E-state index is 12.6. The third-order valence-corrected chi connectivity index (χ3v) is 2.26. The minimum Gasteiger partial charge on any atom is -0.326 e. The number of nitrogens with two attached hydrogens (primary N) is 1. The monoisotopic (exact) mass is 242 g/mol. The van der Waals surface area contributed by atoms with E-state index < -0.39 is 11.9 Å². The molecule has 1 aromatic heterocycles. The fourth-order valence-electron chi connectivity index (χ4n) is 1.39. The fraction of sp³-hybridized carbons (Fsp3) is 0.200. The zero-order valence-corrected chi connectivity index (χ0v) is 8.65. The van der Waals surface area contributed by atoms with Crippen LogP contribution in [0, 0.1) is 0 Å². The molecular weight excluding hydrogens is 233 g/mol. The van der Waals surface area contributed by atoms with Crippen molar-refractivity contribution in [3.63, 3.8) is 0 Å². The first-order chi connectivity index (χ1) is 8.02. The van der Waals surface area contributed by atoms with E-state index in [9.17, 15) is 13.2 Å². The van der Waals surface area contributed by atoms with E-state index >= 15 is 0 Å². The van der Waals surface area contributed by atoms with Gasteiger partial charge in [0.05, 0.1) is 11.9 Å². The number of halogens is 3. The summed E-state index contributed by atoms with van der Waals surface area (Å²) < 4.78 is 38.5. The summed E-state index contributed by atoms with van der Waals surface area (Å²) in [5.74, 6) is 0. The van der Waals surface area contributed by atoms with E-state index in [0.29, 0.717) is 18.4 Å². The van der Waals surface area contributed by atoms with Crippen molar-refractivity contribution in [1.82, 2.24) is 15.0 Å². The van der Waals surface area contributed by atoms with Crippen molar-refractivity contribution >= 4 is 0 Å². The van der Waals surface area contributed by atoms with E-state index in [-0.39, 0.29) is 0 Å². The molecule has 0 fully saturated rings. The van der Waals surface area contributed by atoms with Crippen LogP contribution in [0.15, 0.2) is 30.5 Å². The summed E-state index contributed by atoms with van der Waals surface area (Å²) in [6.45, 7) is 0.337. The van der Waals surface area contributed by atoms with Crippen LogP contribution >= 0.6 is 0 Å². The van der Waals surface area contributed by atoms with Crippen LogP contribution in [0.4, 0.5) is 13.2 Å². The molecule has 0 atom stereocenters. The first kappa shape index (κ1) is 11.6. The average molecular weight is 242 g/mol. The predicted molar refractivity (Wildman–Crippen MR) is 54.3 cm³/mol. The molecule has 90 valence electrons. The Hall–Kier alpha value is -1.89. The van der Waals surface area contributed by atoms with Gasteiger partial charge < -0.3 is 5.73 Å². The lowest BCUT2D eigenvalue weighted by molar-refractivity contribution is -0.142. The molecule has 0 radical (unpaired) electrons. The fourth-order valence-corrected chi connectivity index (χ4v) is 1.39. The van der Waals surface area contributed by atoms with Crippen LogP contribution in [-0.4, -0.2) is 15.0 Å². The smallest absolute Gasteiger partial charge is 0.326 e. The van der Waals surface area contributed by atoms with Gasteiger partial charge in [-0.1, -0.05) is 17.3 Å². The van der Waals surface area contributed by atoms with E-state index in [1.54, 1.807) is 12.1 Å². The van der Waals surface area contributed by atoms with Crippen LogP contribution in [0.1, 0.15) is 11.3 Å². The standard InChI is InChI=1S/C10H9F3N4/c11-10(12,13)9-6-15-16-17(9)8-3-1-7(5-14)2-4-8/h1-4,6H,5,14H2. The molecule has 2 aromatic rings. The van der Waals surface area contributed by atoms with Gasteiger partial charge in [-0.3, -0.25) is 0 Å². The van der Waals surface area contributed by atoms with Crippen molar-refractivity contribution in [1.29, 1.82) is 0 Å². The van der Waals surface area contributed by atoms with Gasteiger partial charge in [0.15, 0.2) is 5.69 Å². The molecular formula is C10H9F3N4. The van der Waals surface area contributed by atoms with E-state index in [1.165, 1.54) is 12.1 Å². The molecule has 0 amide bonds. The summed E-state index contributed by atoms with van der Waals surface area (Å²) in [6.07, 6.45) is -3.78. The van der Waals surface area contributed by atoms with Crippen LogP contribution in [0.25, 0.3) is 5.69 Å². The minimum absolute atomic E-state index is 0.298. The molecule has 7 heteroatoms. The molecule has 17 heavy (non-hydrogen) atoms. The van der Waals surface area contributed by atoms with Crippen LogP contribution in [0.2, 0.25) is 0 Å². The van der Waals surface area contributed by atoms with Gasteiger partial charge in [0.2, 0.25) is 0 Å². The Balaban J connectivity index is 2.43. The molecule has 2 rings (SSSR count). The molecule has 1 heterocycles. The maximum Gasteiger partial charge on any atom is 0.435 e. The molecule has 0 saturated heterocycles. The second-order valence-corrected chi connectivity index (χ2v) is 3.40. The third-order valence-electron chi connectivity index (χ3n) is 2.26. The Labute approximate surface area is 94.9 Å². The highest BCUT2D eigenvalue weighted by molar-refractivity contribution is 5.35. The summed E-state index contributed by atoms with van der Waals surface area (Å²) in [5, 5.41) is 6.70. The van der Waals surface area contributed by atoms with Crippen molar-refractivity contribution < 1.29 is 13.2 Å². The topological polar surface area (TPSA) is 56.7 Å². The minimum atomic E-state index is -4.48. The lowest BCUT2D eigenvalue weighted by Gasteiger charge is -2.09. The lowest BCUT2D eigenvalue weighted by atomic mass is 10.2. The molecule has 0 bridgehead atoms. The van der Waals surface area contributed by atoms with Gasteiger partial charge in [-0.15, -0.1) is 5.10 Å². The van der Waals surface area contributed by atoms with Crippen molar-refractivity contribution in [2.75, 3.05) is 0 Å². The SMILES string of the molecule is NCc1ccc(-n2nncc2C(F)(F)F)cc1. The van der Waals surface area contributed by atoms with Gasteiger partial charge in [0, 0.05) is 6.54 Å². The second-order valence-electron chi connectivity index (χ2n) is 3.40. The summed E-state index contributed by atoms with van der Waals surface area (Å²) in [5.41, 5.74) is 5.63. The summed E-state index contributed by atoms with van der Waals surface area (Å²) in [7, 11) is 0. The van der Waals surface area contributed by atoms with Crippen molar-refractivity contribution in [3.05, 3.63) is 41.7 Å². The normalized spacial score (nSPS) is 11.8. The molecule has 0 aliphatic rings. The first-order valence-electron chi connectivity index (χ1n) is 4.79. The number of benzene rings is 1. The summed E-state index contributed by atoms with van der Waals surface area (Å²) in [4.78, 5) is 0. The molecule has 4 nitrogen and oxygen atoms in total. The van der Waals surface area contributed by atoms with Gasteiger partial charge in [0.1, 0.15) is 0 Å². The van der Waals surface area contributed by atoms with Crippen LogP contribution < -0.4 is 5.73 Å². The van der Waals surface area contributed by atoms with Crippen molar-refractivity contribution in [3.8, 4) is 5.69 Å². The van der Waals surface area contributed by atoms with E-state index in [4.69, 9.17) is 5.73 Å². The quantitative estimate of drug-likeness (QED) is 0.872. The van der Waals surface area contributed by atoms with Crippen molar-refractivity contribution in [2.24, 2.45) is 5.73 Å². The summed E-state index contributed by atoms with van der Waals surface area (Å²) in [6, 6.07) is 6.34. The highest BCUT2D eigenvalue weighted by Gasteiger charge is 2.35. The van der Waals surface area contributed by atoms with Crippen molar-refractivity contribution in [2.45, 2.75) is 12.7 Å². The first-order valence-corrected chi connectivity index (χ1v) is 4.79. The number of hydrogen-bond donors (Lipinski definition) is 1. The zero-order valence-electron chi connectivity index (χ0n) is 8.65. The molecule has 2 N–H and O–H groups in total. The van der Waals surface area contributed by atoms with E-state index in [2.05, 4.69) is 10.3 Å². The molecule has 0 aliphatic carbocycles. The third kappa shape index (κ3) is 2.28. The van der Waals surface area contributed by atoms with Crippen LogP contribution in [0.5, 0.6) is 0 Å². The molecule has 0 saturated carbocycles. The summed E-state index contributed by atoms with van der Waals surface area (Å²) >= 11 is 0. The number of rotatable bonds is 2. The van der Waals surface area contributed by atoms with Gasteiger partial charge in [-0.05, 0) is 17.7 Å². The largest absolute Gasteiger partial charge is 0.435 e. The zero-order chi connectivity index (χ0) is 12.5. The van der Waals surface area contributed by atoms with Gasteiger partial charge in [0.25, 0.3) is 0 Å². The Bertz CT molecular complexity index is 501. The number of aromatic nitrogens is 3. The lowest BCUT2D eigenvalue weighted by Crippen LogP contribution is -2.13. The highest BCUT2D eigenvalue weighted by atomic mass is 19.4.